The minimum Gasteiger partial charge on any atom is -0.481 e. The van der Waals surface area contributed by atoms with Gasteiger partial charge in [0.25, 0.3) is 0 Å². The molecule has 1 aromatic carbocycles. The Hall–Kier alpha value is -1.76. The van der Waals surface area contributed by atoms with Gasteiger partial charge in [-0.05, 0) is 29.5 Å². The summed E-state index contributed by atoms with van der Waals surface area (Å²) in [4.78, 5) is 11.7. The van der Waals surface area contributed by atoms with Gasteiger partial charge in [-0.15, -0.1) is 15.0 Å². The molecule has 0 atom stereocenters. The standard InChI is InChI=1S/C9H7BrN4O2/c10-6-1-3-7(4-2-6)14-12-8(11-13-14)5-9(15)16/h1-4H,5H2,(H,15,16). The van der Waals surface area contributed by atoms with E-state index in [0.29, 0.717) is 0 Å². The summed E-state index contributed by atoms with van der Waals surface area (Å²) in [5.74, 6) is -0.786. The third kappa shape index (κ3) is 2.43. The average Bonchev–Trinajstić information content (AvgIpc) is 2.66. The van der Waals surface area contributed by atoms with Crippen molar-refractivity contribution in [2.75, 3.05) is 0 Å². The average molecular weight is 283 g/mol. The van der Waals surface area contributed by atoms with Crippen LogP contribution in [0.3, 0.4) is 0 Å². The van der Waals surface area contributed by atoms with Crippen LogP contribution in [-0.2, 0) is 11.2 Å². The lowest BCUT2D eigenvalue weighted by atomic mass is 10.3. The summed E-state index contributed by atoms with van der Waals surface area (Å²) >= 11 is 3.31. The summed E-state index contributed by atoms with van der Waals surface area (Å²) in [5, 5.41) is 19.9. The zero-order chi connectivity index (χ0) is 11.5. The molecule has 0 fully saturated rings. The van der Waals surface area contributed by atoms with Crippen molar-refractivity contribution in [2.24, 2.45) is 0 Å². The predicted molar refractivity (Wildman–Crippen MR) is 58.2 cm³/mol. The Morgan fingerprint density at radius 2 is 2.06 bits per heavy atom. The minimum absolute atomic E-state index is 0.190. The van der Waals surface area contributed by atoms with Gasteiger partial charge in [-0.3, -0.25) is 4.79 Å². The summed E-state index contributed by atoms with van der Waals surface area (Å²) in [6.07, 6.45) is -0.226. The van der Waals surface area contributed by atoms with Crippen LogP contribution in [-0.4, -0.2) is 31.3 Å². The molecule has 7 heteroatoms. The first-order valence-corrected chi connectivity index (χ1v) is 5.21. The van der Waals surface area contributed by atoms with Gasteiger partial charge in [-0.2, -0.15) is 0 Å². The highest BCUT2D eigenvalue weighted by Crippen LogP contribution is 2.12. The third-order valence-corrected chi connectivity index (χ3v) is 2.35. The van der Waals surface area contributed by atoms with Crippen molar-refractivity contribution in [1.29, 1.82) is 0 Å². The fourth-order valence-corrected chi connectivity index (χ4v) is 1.40. The van der Waals surface area contributed by atoms with Gasteiger partial charge in [0, 0.05) is 4.47 Å². The van der Waals surface area contributed by atoms with Crippen LogP contribution in [0.4, 0.5) is 0 Å². The number of carboxylic acids is 1. The Bertz CT molecular complexity index is 508. The lowest BCUT2D eigenvalue weighted by Gasteiger charge is -1.97. The summed E-state index contributed by atoms with van der Waals surface area (Å²) in [6, 6.07) is 7.29. The molecule has 0 aliphatic heterocycles. The molecule has 0 unspecified atom stereocenters. The number of rotatable bonds is 3. The van der Waals surface area contributed by atoms with Gasteiger partial charge in [0.2, 0.25) is 0 Å². The molecule has 16 heavy (non-hydrogen) atoms. The number of benzene rings is 1. The van der Waals surface area contributed by atoms with Gasteiger partial charge in [-0.1, -0.05) is 15.9 Å². The van der Waals surface area contributed by atoms with Crippen molar-refractivity contribution in [3.63, 3.8) is 0 Å². The molecule has 82 valence electrons. The molecular weight excluding hydrogens is 276 g/mol. The van der Waals surface area contributed by atoms with E-state index < -0.39 is 5.97 Å². The van der Waals surface area contributed by atoms with Gasteiger partial charge in [0.05, 0.1) is 5.69 Å². The van der Waals surface area contributed by atoms with E-state index >= 15 is 0 Å². The van der Waals surface area contributed by atoms with Crippen molar-refractivity contribution < 1.29 is 9.90 Å². The van der Waals surface area contributed by atoms with Crippen LogP contribution in [0.25, 0.3) is 5.69 Å². The molecule has 0 bridgehead atoms. The van der Waals surface area contributed by atoms with Gasteiger partial charge in [0.1, 0.15) is 6.42 Å². The van der Waals surface area contributed by atoms with Crippen LogP contribution in [0.15, 0.2) is 28.7 Å². The van der Waals surface area contributed by atoms with Crippen LogP contribution in [0.1, 0.15) is 5.82 Å². The van der Waals surface area contributed by atoms with E-state index in [9.17, 15) is 4.79 Å². The van der Waals surface area contributed by atoms with Crippen molar-refractivity contribution in [3.05, 3.63) is 34.6 Å². The second-order valence-electron chi connectivity index (χ2n) is 3.04. The van der Waals surface area contributed by atoms with Crippen LogP contribution in [0, 0.1) is 0 Å². The lowest BCUT2D eigenvalue weighted by Crippen LogP contribution is -2.03. The number of hydrogen-bond donors (Lipinski definition) is 1. The monoisotopic (exact) mass is 282 g/mol. The molecule has 0 radical (unpaired) electrons. The Morgan fingerprint density at radius 1 is 1.38 bits per heavy atom. The molecule has 0 aliphatic carbocycles. The summed E-state index contributed by atoms with van der Waals surface area (Å²) in [5.41, 5.74) is 0.729. The normalized spacial score (nSPS) is 10.3. The first kappa shape index (κ1) is 10.7. The van der Waals surface area contributed by atoms with E-state index in [4.69, 9.17) is 5.11 Å². The largest absolute Gasteiger partial charge is 0.481 e. The second kappa shape index (κ2) is 4.40. The quantitative estimate of drug-likeness (QED) is 0.910. The maximum absolute atomic E-state index is 10.4. The molecule has 1 heterocycles. The highest BCUT2D eigenvalue weighted by molar-refractivity contribution is 9.10. The number of carbonyl (C=O) groups is 1. The molecule has 0 saturated carbocycles. The first-order valence-electron chi connectivity index (χ1n) is 4.42. The number of nitrogens with zero attached hydrogens (tertiary/aromatic N) is 4. The van der Waals surface area contributed by atoms with E-state index in [2.05, 4.69) is 31.3 Å². The Kier molecular flexibility index (Phi) is 2.95. The van der Waals surface area contributed by atoms with Gasteiger partial charge >= 0.3 is 5.97 Å². The number of aromatic nitrogens is 4. The molecule has 2 aromatic rings. The molecule has 0 saturated heterocycles. The molecule has 2 rings (SSSR count). The molecule has 0 spiro atoms. The predicted octanol–water partition coefficient (Wildman–Crippen LogP) is 1.05. The molecule has 0 aliphatic rings. The second-order valence-corrected chi connectivity index (χ2v) is 3.96. The van der Waals surface area contributed by atoms with Crippen molar-refractivity contribution in [3.8, 4) is 5.69 Å². The first-order chi connectivity index (χ1) is 7.65. The van der Waals surface area contributed by atoms with Crippen LogP contribution in [0.5, 0.6) is 0 Å². The Balaban J connectivity index is 2.24. The molecule has 0 amide bonds. The summed E-state index contributed by atoms with van der Waals surface area (Å²) in [7, 11) is 0. The zero-order valence-electron chi connectivity index (χ0n) is 8.04. The lowest BCUT2D eigenvalue weighted by molar-refractivity contribution is -0.136. The van der Waals surface area contributed by atoms with Crippen LogP contribution in [0.2, 0.25) is 0 Å². The minimum atomic E-state index is -0.977. The van der Waals surface area contributed by atoms with E-state index in [1.165, 1.54) is 4.80 Å². The van der Waals surface area contributed by atoms with E-state index in [-0.39, 0.29) is 12.2 Å². The third-order valence-electron chi connectivity index (χ3n) is 1.82. The fourth-order valence-electron chi connectivity index (χ4n) is 1.13. The number of carboxylic acid groups (broad SMARTS) is 1. The maximum Gasteiger partial charge on any atom is 0.311 e. The van der Waals surface area contributed by atoms with Crippen LogP contribution >= 0.6 is 15.9 Å². The summed E-state index contributed by atoms with van der Waals surface area (Å²) in [6.45, 7) is 0. The molecular formula is C9H7BrN4O2. The van der Waals surface area contributed by atoms with Gasteiger partial charge in [-0.25, -0.2) is 0 Å². The van der Waals surface area contributed by atoms with E-state index in [1.54, 1.807) is 12.1 Å². The maximum atomic E-state index is 10.4. The zero-order valence-corrected chi connectivity index (χ0v) is 9.62. The molecule has 6 nitrogen and oxygen atoms in total. The number of hydrogen-bond acceptors (Lipinski definition) is 4. The van der Waals surface area contributed by atoms with Gasteiger partial charge < -0.3 is 5.11 Å². The highest BCUT2D eigenvalue weighted by Gasteiger charge is 2.08. The topological polar surface area (TPSA) is 80.9 Å². The number of halogens is 1. The van der Waals surface area contributed by atoms with Crippen molar-refractivity contribution in [1.82, 2.24) is 20.2 Å². The van der Waals surface area contributed by atoms with Crippen LogP contribution < -0.4 is 0 Å². The van der Waals surface area contributed by atoms with Crippen molar-refractivity contribution >= 4 is 21.9 Å². The smallest absolute Gasteiger partial charge is 0.311 e. The fraction of sp³-hybridized carbons (Fsp3) is 0.111. The Labute approximate surface area is 99.0 Å². The number of tetrazole rings is 1. The number of aliphatic carboxylic acids is 1. The Morgan fingerprint density at radius 3 is 2.69 bits per heavy atom. The van der Waals surface area contributed by atoms with E-state index in [0.717, 1.165) is 10.2 Å². The molecule has 1 aromatic heterocycles. The highest BCUT2D eigenvalue weighted by atomic mass is 79.9. The SMILES string of the molecule is O=C(O)Cc1nnn(-c2ccc(Br)cc2)n1. The van der Waals surface area contributed by atoms with Gasteiger partial charge in [0.15, 0.2) is 5.82 Å². The van der Waals surface area contributed by atoms with Crippen molar-refractivity contribution in [2.45, 2.75) is 6.42 Å². The molecule has 1 N–H and O–H groups in total. The van der Waals surface area contributed by atoms with E-state index in [1.807, 2.05) is 12.1 Å². The summed E-state index contributed by atoms with van der Waals surface area (Å²) < 4.78 is 0.946.